The van der Waals surface area contributed by atoms with E-state index >= 15 is 0 Å². The van der Waals surface area contributed by atoms with Gasteiger partial charge in [-0.2, -0.15) is 12.7 Å². The van der Waals surface area contributed by atoms with Crippen molar-refractivity contribution >= 4 is 39.1 Å². The van der Waals surface area contributed by atoms with E-state index in [1.165, 1.54) is 38.9 Å². The zero-order valence-corrected chi connectivity index (χ0v) is 28.3. The van der Waals surface area contributed by atoms with Crippen molar-refractivity contribution in [3.8, 4) is 5.75 Å². The maximum atomic E-state index is 14.4. The van der Waals surface area contributed by atoms with Crippen LogP contribution in [0, 0.1) is 17.8 Å². The first-order chi connectivity index (χ1) is 22.7. The molecule has 9 rings (SSSR count). The molecule has 1 aromatic heterocycles. The molecule has 2 bridgehead atoms. The van der Waals surface area contributed by atoms with Gasteiger partial charge in [-0.1, -0.05) is 37.5 Å². The maximum Gasteiger partial charge on any atom is 0.303 e. The van der Waals surface area contributed by atoms with Crippen LogP contribution in [0.15, 0.2) is 47.1 Å². The number of benzene rings is 1. The molecular weight excluding hydrogens is 614 g/mol. The number of amides is 2. The molecule has 2 amide bonds. The summed E-state index contributed by atoms with van der Waals surface area (Å²) in [5.74, 6) is -0.188. The predicted octanol–water partition coefficient (Wildman–Crippen LogP) is 4.27. The lowest BCUT2D eigenvalue weighted by Gasteiger charge is -2.45. The summed E-state index contributed by atoms with van der Waals surface area (Å²) in [4.78, 5) is 30.4. The Labute approximate surface area is 277 Å². The molecule has 10 nitrogen and oxygen atoms in total. The van der Waals surface area contributed by atoms with Gasteiger partial charge in [0.2, 0.25) is 11.8 Å². The highest BCUT2D eigenvalue weighted by Crippen LogP contribution is 2.57. The van der Waals surface area contributed by atoms with Gasteiger partial charge in [0.05, 0.1) is 24.5 Å². The third-order valence-corrected chi connectivity index (χ3v) is 13.1. The summed E-state index contributed by atoms with van der Waals surface area (Å²) < 4.78 is 36.8. The van der Waals surface area contributed by atoms with Crippen LogP contribution in [0.2, 0.25) is 0 Å². The van der Waals surface area contributed by atoms with Crippen molar-refractivity contribution in [1.29, 1.82) is 0 Å². The number of allylic oxidation sites excluding steroid dienone is 3. The molecule has 250 valence electrons. The first-order valence-electron chi connectivity index (χ1n) is 17.3. The molecule has 1 aromatic carbocycles. The topological polar surface area (TPSA) is 113 Å². The lowest BCUT2D eigenvalue weighted by molar-refractivity contribution is -0.127. The van der Waals surface area contributed by atoms with E-state index in [1.807, 2.05) is 12.3 Å². The second-order valence-electron chi connectivity index (χ2n) is 14.5. The van der Waals surface area contributed by atoms with Crippen LogP contribution in [0.1, 0.15) is 74.5 Å². The van der Waals surface area contributed by atoms with Gasteiger partial charge >= 0.3 is 10.2 Å². The fraction of sp³-hybridized carbons (Fsp3) is 0.556. The lowest BCUT2D eigenvalue weighted by Crippen LogP contribution is -2.58. The fourth-order valence-corrected chi connectivity index (χ4v) is 9.72. The number of hydrogen-bond donors (Lipinski definition) is 2. The van der Waals surface area contributed by atoms with E-state index < -0.39 is 22.0 Å². The Morgan fingerprint density at radius 2 is 1.79 bits per heavy atom. The number of piperidine rings is 3. The van der Waals surface area contributed by atoms with Crippen molar-refractivity contribution in [2.75, 3.05) is 40.8 Å². The van der Waals surface area contributed by atoms with Crippen LogP contribution in [0.5, 0.6) is 5.75 Å². The van der Waals surface area contributed by atoms with E-state index in [0.29, 0.717) is 18.3 Å². The molecule has 2 unspecified atom stereocenters. The summed E-state index contributed by atoms with van der Waals surface area (Å²) in [5.41, 5.74) is 5.91. The minimum Gasteiger partial charge on any atom is -0.496 e. The van der Waals surface area contributed by atoms with Crippen LogP contribution < -0.4 is 14.8 Å². The number of carbonyl (C=O) groups excluding carboxylic acids is 2. The second-order valence-corrected chi connectivity index (χ2v) is 16.4. The average molecular weight is 660 g/mol. The molecule has 2 aromatic rings. The van der Waals surface area contributed by atoms with Crippen molar-refractivity contribution < 1.29 is 22.7 Å². The Kier molecular flexibility index (Phi) is 7.64. The van der Waals surface area contributed by atoms with Gasteiger partial charge in [0.25, 0.3) is 0 Å². The van der Waals surface area contributed by atoms with Gasteiger partial charge in [-0.05, 0) is 91.4 Å². The van der Waals surface area contributed by atoms with Crippen molar-refractivity contribution in [2.24, 2.45) is 17.8 Å². The third kappa shape index (κ3) is 5.16. The monoisotopic (exact) mass is 659 g/mol. The molecule has 2 saturated carbocycles. The first kappa shape index (κ1) is 30.9. The van der Waals surface area contributed by atoms with Crippen molar-refractivity contribution in [1.82, 2.24) is 23.8 Å². The molecule has 4 aliphatic heterocycles. The second kappa shape index (κ2) is 11.6. The highest BCUT2D eigenvalue weighted by atomic mass is 32.2. The van der Waals surface area contributed by atoms with Crippen LogP contribution in [0.3, 0.4) is 0 Å². The number of nitrogens with zero attached hydrogens (tertiary/aromatic N) is 3. The predicted molar refractivity (Wildman–Crippen MR) is 181 cm³/mol. The Morgan fingerprint density at radius 3 is 2.47 bits per heavy atom. The third-order valence-electron chi connectivity index (χ3n) is 11.7. The quantitative estimate of drug-likeness (QED) is 0.459. The maximum absolute atomic E-state index is 14.4. The molecule has 11 heteroatoms. The lowest BCUT2D eigenvalue weighted by atomic mass is 9.75. The van der Waals surface area contributed by atoms with Crippen LogP contribution in [0.4, 0.5) is 0 Å². The Balaban J connectivity index is 1.26. The normalized spacial score (nSPS) is 29.9. The first-order valence-corrected chi connectivity index (χ1v) is 18.7. The number of carbonyl (C=O) groups is 2. The highest BCUT2D eigenvalue weighted by molar-refractivity contribution is 7.87. The average Bonchev–Trinajstić information content (AvgIpc) is 3.71. The molecule has 7 aliphatic rings. The number of fused-ring (bicyclic) bond motifs is 9. The minimum absolute atomic E-state index is 0.0489. The summed E-state index contributed by atoms with van der Waals surface area (Å²) in [6.07, 6.45) is 14.9. The molecule has 5 fully saturated rings. The fourth-order valence-electron chi connectivity index (χ4n) is 9.16. The number of aromatic nitrogens is 1. The summed E-state index contributed by atoms with van der Waals surface area (Å²) in [6.45, 7) is 3.11. The SMILES string of the molecule is COc1ccc(C2CCCCC2)c2c1cc1n2C=C2C(=C3C=CC[C@@H](C(=O)N[C@H]4CN5CCC4CC5)C31)C2C(=O)NS(=O)(=O)N(C)C. The molecular formula is C36H45N5O5S. The number of ether oxygens (including phenoxy) is 1. The van der Waals surface area contributed by atoms with Gasteiger partial charge in [-0.25, -0.2) is 4.72 Å². The van der Waals surface area contributed by atoms with E-state index in [0.717, 1.165) is 88.7 Å². The van der Waals surface area contributed by atoms with E-state index in [1.54, 1.807) is 7.11 Å². The standard InChI is InChI=1S/C36H45N5O5S/c1-39(2)47(44,45)38-36(43)33-27-19-41-29(18-26-30(46-3)13-12-23(34(26)41)21-8-5-4-6-9-21)31-24(32(27)33)10-7-11-25(31)35(42)37-28-20-40-16-14-22(28)15-17-40/h7,10,12-13,18-19,21-22,25,28,31,33H,4-6,8-9,11,14-17,20H2,1-3H3,(H,37,42)(H,38,43)/t25-,28+,31?,33?/m1/s1. The van der Waals surface area contributed by atoms with Crippen LogP contribution in [0.25, 0.3) is 17.1 Å². The van der Waals surface area contributed by atoms with Gasteiger partial charge in [-0.15, -0.1) is 0 Å². The van der Waals surface area contributed by atoms with Crippen LogP contribution in [-0.4, -0.2) is 80.9 Å². The molecule has 2 N–H and O–H groups in total. The number of nitrogens with one attached hydrogen (secondary N) is 2. The Bertz CT molecular complexity index is 1840. The van der Waals surface area contributed by atoms with Gasteiger partial charge < -0.3 is 19.5 Å². The molecule has 0 radical (unpaired) electrons. The number of rotatable bonds is 7. The summed E-state index contributed by atoms with van der Waals surface area (Å²) in [7, 11) is 0.528. The summed E-state index contributed by atoms with van der Waals surface area (Å²) in [6, 6.07) is 6.61. The molecule has 47 heavy (non-hydrogen) atoms. The molecule has 5 heterocycles. The highest BCUT2D eigenvalue weighted by Gasteiger charge is 2.52. The van der Waals surface area contributed by atoms with Gasteiger partial charge in [0.1, 0.15) is 5.75 Å². The minimum atomic E-state index is -3.97. The van der Waals surface area contributed by atoms with Gasteiger partial charge in [0.15, 0.2) is 0 Å². The smallest absolute Gasteiger partial charge is 0.303 e. The van der Waals surface area contributed by atoms with Crippen LogP contribution in [-0.2, 0) is 19.8 Å². The van der Waals surface area contributed by atoms with Crippen molar-refractivity contribution in [2.45, 2.75) is 69.2 Å². The molecule has 3 saturated heterocycles. The zero-order valence-electron chi connectivity index (χ0n) is 27.5. The van der Waals surface area contributed by atoms with Crippen molar-refractivity contribution in [3.63, 3.8) is 0 Å². The number of hydrogen-bond acceptors (Lipinski definition) is 6. The molecule has 4 atom stereocenters. The summed E-state index contributed by atoms with van der Waals surface area (Å²) >= 11 is 0. The largest absolute Gasteiger partial charge is 0.496 e. The molecule has 0 spiro atoms. The summed E-state index contributed by atoms with van der Waals surface area (Å²) in [5, 5.41) is 4.49. The number of methoxy groups -OCH3 is 1. The molecule has 3 aliphatic carbocycles. The van der Waals surface area contributed by atoms with Crippen molar-refractivity contribution in [3.05, 3.63) is 58.3 Å². The zero-order chi connectivity index (χ0) is 32.6. The van der Waals surface area contributed by atoms with E-state index in [9.17, 15) is 18.0 Å². The Morgan fingerprint density at radius 1 is 1.02 bits per heavy atom. The van der Waals surface area contributed by atoms with Gasteiger partial charge in [0, 0.05) is 49.9 Å². The van der Waals surface area contributed by atoms with Crippen LogP contribution >= 0.6 is 0 Å². The van der Waals surface area contributed by atoms with E-state index in [2.05, 4.69) is 43.8 Å². The van der Waals surface area contributed by atoms with E-state index in [4.69, 9.17) is 4.74 Å². The van der Waals surface area contributed by atoms with E-state index in [-0.39, 0.29) is 23.8 Å². The Hall–Kier alpha value is -3.41. The van der Waals surface area contributed by atoms with Gasteiger partial charge in [-0.3, -0.25) is 9.59 Å².